The van der Waals surface area contributed by atoms with Crippen LogP contribution in [0.5, 0.6) is 0 Å². The van der Waals surface area contributed by atoms with Crippen LogP contribution < -0.4 is 5.32 Å². The van der Waals surface area contributed by atoms with E-state index in [0.717, 1.165) is 25.7 Å². The van der Waals surface area contributed by atoms with E-state index in [2.05, 4.69) is 5.32 Å². The number of carbonyl (C=O) groups is 1. The lowest BCUT2D eigenvalue weighted by Crippen LogP contribution is -2.43. The molecule has 2 rings (SSSR count). The highest BCUT2D eigenvalue weighted by Crippen LogP contribution is 2.15. The van der Waals surface area contributed by atoms with Crippen LogP contribution in [0.4, 0.5) is 0 Å². The van der Waals surface area contributed by atoms with Gasteiger partial charge in [-0.1, -0.05) is 0 Å². The Morgan fingerprint density at radius 2 is 1.95 bits per heavy atom. The fourth-order valence-corrected chi connectivity index (χ4v) is 3.47. The van der Waals surface area contributed by atoms with Gasteiger partial charge in [-0.05, 0) is 25.7 Å². The van der Waals surface area contributed by atoms with Crippen molar-refractivity contribution >= 4 is 15.9 Å². The minimum atomic E-state index is -3.30. The molecule has 2 atom stereocenters. The molecule has 0 aliphatic carbocycles. The number of nitrogens with zero attached hydrogens (tertiary/aromatic N) is 1. The molecule has 0 saturated carbocycles. The maximum atomic E-state index is 11.8. The second-order valence-corrected chi connectivity index (χ2v) is 7.53. The molecule has 2 unspecified atom stereocenters. The number of hydrogen-bond donors (Lipinski definition) is 1. The van der Waals surface area contributed by atoms with Gasteiger partial charge in [-0.3, -0.25) is 4.79 Å². The lowest BCUT2D eigenvalue weighted by Gasteiger charge is -2.23. The highest BCUT2D eigenvalue weighted by molar-refractivity contribution is 7.88. The number of carbonyl (C=O) groups excluding carboxylic acids is 1. The third kappa shape index (κ3) is 5.21. The number of amides is 1. The standard InChI is InChI=1S/C13H24N2O5S/c1-21(17,18)15(10-11-4-2-8-19-11)7-6-14-13(16)12-5-3-9-20-12/h11-12H,2-10H2,1H3,(H,14,16). The third-order valence-electron chi connectivity index (χ3n) is 3.78. The number of rotatable bonds is 7. The largest absolute Gasteiger partial charge is 0.377 e. The first-order valence-electron chi connectivity index (χ1n) is 7.43. The summed E-state index contributed by atoms with van der Waals surface area (Å²) in [5.74, 6) is -0.155. The summed E-state index contributed by atoms with van der Waals surface area (Å²) >= 11 is 0. The van der Waals surface area contributed by atoms with Crippen molar-refractivity contribution in [3.8, 4) is 0 Å². The molecule has 0 aromatic carbocycles. The maximum absolute atomic E-state index is 11.8. The van der Waals surface area contributed by atoms with Crippen LogP contribution in [0.15, 0.2) is 0 Å². The number of ether oxygens (including phenoxy) is 2. The van der Waals surface area contributed by atoms with E-state index in [0.29, 0.717) is 26.3 Å². The van der Waals surface area contributed by atoms with Gasteiger partial charge in [0.1, 0.15) is 6.10 Å². The van der Waals surface area contributed by atoms with Crippen molar-refractivity contribution < 1.29 is 22.7 Å². The summed E-state index contributed by atoms with van der Waals surface area (Å²) in [7, 11) is -3.30. The van der Waals surface area contributed by atoms with Crippen molar-refractivity contribution in [2.75, 3.05) is 39.1 Å². The molecule has 2 saturated heterocycles. The minimum Gasteiger partial charge on any atom is -0.377 e. The van der Waals surface area contributed by atoms with Crippen molar-refractivity contribution in [3.63, 3.8) is 0 Å². The van der Waals surface area contributed by atoms with Gasteiger partial charge in [0.2, 0.25) is 15.9 Å². The summed E-state index contributed by atoms with van der Waals surface area (Å²) in [6.07, 6.45) is 4.25. The summed E-state index contributed by atoms with van der Waals surface area (Å²) < 4.78 is 35.7. The molecular formula is C13H24N2O5S. The quantitative estimate of drug-likeness (QED) is 0.697. The zero-order valence-corrected chi connectivity index (χ0v) is 13.2. The van der Waals surface area contributed by atoms with E-state index in [1.807, 2.05) is 0 Å². The monoisotopic (exact) mass is 320 g/mol. The Bertz CT molecular complexity index is 441. The lowest BCUT2D eigenvalue weighted by molar-refractivity contribution is -0.130. The van der Waals surface area contributed by atoms with Crippen molar-refractivity contribution in [2.24, 2.45) is 0 Å². The molecule has 2 aliphatic rings. The van der Waals surface area contributed by atoms with Gasteiger partial charge in [0.15, 0.2) is 0 Å². The van der Waals surface area contributed by atoms with Crippen LogP contribution in [0.2, 0.25) is 0 Å². The van der Waals surface area contributed by atoms with Crippen LogP contribution in [0.25, 0.3) is 0 Å². The molecule has 2 heterocycles. The van der Waals surface area contributed by atoms with Crippen LogP contribution in [-0.4, -0.2) is 69.9 Å². The predicted octanol–water partition coefficient (Wildman–Crippen LogP) is -0.278. The first kappa shape index (κ1) is 16.7. The SMILES string of the molecule is CS(=O)(=O)N(CCNC(=O)C1CCCO1)CC1CCCO1. The van der Waals surface area contributed by atoms with Gasteiger partial charge in [-0.15, -0.1) is 0 Å². The van der Waals surface area contributed by atoms with E-state index in [1.165, 1.54) is 10.6 Å². The van der Waals surface area contributed by atoms with E-state index >= 15 is 0 Å². The topological polar surface area (TPSA) is 84.9 Å². The van der Waals surface area contributed by atoms with E-state index < -0.39 is 10.0 Å². The van der Waals surface area contributed by atoms with Gasteiger partial charge in [-0.25, -0.2) is 8.42 Å². The molecule has 0 bridgehead atoms. The molecule has 0 radical (unpaired) electrons. The minimum absolute atomic E-state index is 0.0337. The van der Waals surface area contributed by atoms with Gasteiger partial charge in [0.05, 0.1) is 12.4 Å². The summed E-state index contributed by atoms with van der Waals surface area (Å²) in [6.45, 7) is 2.22. The maximum Gasteiger partial charge on any atom is 0.249 e. The van der Waals surface area contributed by atoms with Gasteiger partial charge in [0, 0.05) is 32.8 Å². The number of sulfonamides is 1. The van der Waals surface area contributed by atoms with E-state index in [1.54, 1.807) is 0 Å². The lowest BCUT2D eigenvalue weighted by atomic mass is 10.2. The predicted molar refractivity (Wildman–Crippen MR) is 77.4 cm³/mol. The second kappa shape index (κ2) is 7.53. The Kier molecular flexibility index (Phi) is 5.98. The first-order chi connectivity index (χ1) is 9.97. The molecular weight excluding hydrogens is 296 g/mol. The molecule has 1 N–H and O–H groups in total. The van der Waals surface area contributed by atoms with Crippen molar-refractivity contribution in [3.05, 3.63) is 0 Å². The normalized spacial score (nSPS) is 26.4. The van der Waals surface area contributed by atoms with Crippen molar-refractivity contribution in [2.45, 2.75) is 37.9 Å². The molecule has 122 valence electrons. The fraction of sp³-hybridized carbons (Fsp3) is 0.923. The zero-order chi connectivity index (χ0) is 15.3. The summed E-state index contributed by atoms with van der Waals surface area (Å²) in [5, 5.41) is 2.74. The van der Waals surface area contributed by atoms with E-state index in [4.69, 9.17) is 9.47 Å². The Balaban J connectivity index is 1.77. The Morgan fingerprint density at radius 1 is 1.24 bits per heavy atom. The molecule has 2 aliphatic heterocycles. The van der Waals surface area contributed by atoms with Gasteiger partial charge in [-0.2, -0.15) is 4.31 Å². The van der Waals surface area contributed by atoms with Crippen LogP contribution in [-0.2, 0) is 24.3 Å². The fourth-order valence-electron chi connectivity index (χ4n) is 2.61. The zero-order valence-electron chi connectivity index (χ0n) is 12.4. The molecule has 0 spiro atoms. The molecule has 0 aromatic heterocycles. The summed E-state index contributed by atoms with van der Waals surface area (Å²) in [5.41, 5.74) is 0. The molecule has 8 heteroatoms. The summed E-state index contributed by atoms with van der Waals surface area (Å²) in [4.78, 5) is 11.8. The van der Waals surface area contributed by atoms with Crippen LogP contribution in [0.1, 0.15) is 25.7 Å². The highest BCUT2D eigenvalue weighted by Gasteiger charge is 2.26. The van der Waals surface area contributed by atoms with E-state index in [9.17, 15) is 13.2 Å². The average molecular weight is 320 g/mol. The van der Waals surface area contributed by atoms with Gasteiger partial charge in [0.25, 0.3) is 0 Å². The van der Waals surface area contributed by atoms with Crippen LogP contribution in [0, 0.1) is 0 Å². The Labute approximate surface area is 126 Å². The summed E-state index contributed by atoms with van der Waals surface area (Å²) in [6, 6.07) is 0. The smallest absolute Gasteiger partial charge is 0.249 e. The van der Waals surface area contributed by atoms with Gasteiger partial charge >= 0.3 is 0 Å². The van der Waals surface area contributed by atoms with Gasteiger partial charge < -0.3 is 14.8 Å². The highest BCUT2D eigenvalue weighted by atomic mass is 32.2. The first-order valence-corrected chi connectivity index (χ1v) is 9.27. The number of hydrogen-bond acceptors (Lipinski definition) is 5. The van der Waals surface area contributed by atoms with Crippen LogP contribution >= 0.6 is 0 Å². The molecule has 7 nitrogen and oxygen atoms in total. The molecule has 0 aromatic rings. The molecule has 21 heavy (non-hydrogen) atoms. The number of nitrogens with one attached hydrogen (secondary N) is 1. The second-order valence-electron chi connectivity index (χ2n) is 5.55. The van der Waals surface area contributed by atoms with Crippen molar-refractivity contribution in [1.82, 2.24) is 9.62 Å². The van der Waals surface area contributed by atoms with Crippen LogP contribution in [0.3, 0.4) is 0 Å². The average Bonchev–Trinajstić information content (AvgIpc) is 3.09. The molecule has 2 fully saturated rings. The Hall–Kier alpha value is -0.700. The molecule has 1 amide bonds. The Morgan fingerprint density at radius 3 is 2.52 bits per heavy atom. The third-order valence-corrected chi connectivity index (χ3v) is 5.05. The van der Waals surface area contributed by atoms with E-state index in [-0.39, 0.29) is 24.7 Å². The van der Waals surface area contributed by atoms with Crippen molar-refractivity contribution in [1.29, 1.82) is 0 Å².